The lowest BCUT2D eigenvalue weighted by Gasteiger charge is -2.25. The maximum atomic E-state index is 10.3. The van der Waals surface area contributed by atoms with Crippen molar-refractivity contribution >= 4 is 0 Å². The van der Waals surface area contributed by atoms with Crippen LogP contribution in [0.5, 0.6) is 0 Å². The van der Waals surface area contributed by atoms with Crippen LogP contribution in [0.1, 0.15) is 64.9 Å². The third-order valence-corrected chi connectivity index (χ3v) is 3.86. The van der Waals surface area contributed by atoms with E-state index in [0.29, 0.717) is 37.2 Å². The lowest BCUT2D eigenvalue weighted by Crippen LogP contribution is -2.24. The number of aliphatic hydroxyl groups is 2. The Morgan fingerprint density at radius 3 is 1.35 bits per heavy atom. The zero-order valence-electron chi connectivity index (χ0n) is 11.3. The fourth-order valence-electron chi connectivity index (χ4n) is 2.04. The Labute approximate surface area is 103 Å². The molecule has 0 bridgehead atoms. The maximum absolute atomic E-state index is 10.3. The number of furan rings is 1. The largest absolute Gasteiger partial charge is 0.460 e. The van der Waals surface area contributed by atoms with Gasteiger partial charge >= 0.3 is 0 Å². The van der Waals surface area contributed by atoms with Crippen molar-refractivity contribution < 1.29 is 14.6 Å². The van der Waals surface area contributed by atoms with Crippen molar-refractivity contribution in [2.45, 2.75) is 64.6 Å². The summed E-state index contributed by atoms with van der Waals surface area (Å²) in [4.78, 5) is 0. The van der Waals surface area contributed by atoms with Crippen LogP contribution >= 0.6 is 0 Å². The first-order valence-electron chi connectivity index (χ1n) is 6.51. The van der Waals surface area contributed by atoms with Crippen molar-refractivity contribution in [3.8, 4) is 0 Å². The fraction of sp³-hybridized carbons (Fsp3) is 0.714. The quantitative estimate of drug-likeness (QED) is 0.802. The highest BCUT2D eigenvalue weighted by molar-refractivity contribution is 5.18. The molecule has 0 fully saturated rings. The summed E-state index contributed by atoms with van der Waals surface area (Å²) in [5, 5.41) is 20.7. The number of rotatable bonds is 6. The van der Waals surface area contributed by atoms with E-state index in [1.807, 2.05) is 27.7 Å². The summed E-state index contributed by atoms with van der Waals surface area (Å²) in [5.41, 5.74) is -1.83. The molecule has 0 unspecified atom stereocenters. The lowest BCUT2D eigenvalue weighted by atomic mass is 9.94. The van der Waals surface area contributed by atoms with Crippen molar-refractivity contribution in [2.75, 3.05) is 0 Å². The molecule has 0 atom stereocenters. The first-order chi connectivity index (χ1) is 7.95. The van der Waals surface area contributed by atoms with Gasteiger partial charge < -0.3 is 14.6 Å². The van der Waals surface area contributed by atoms with Crippen LogP contribution in [-0.4, -0.2) is 10.2 Å². The highest BCUT2D eigenvalue weighted by atomic mass is 16.4. The van der Waals surface area contributed by atoms with Gasteiger partial charge in [0.05, 0.1) is 0 Å². The van der Waals surface area contributed by atoms with E-state index < -0.39 is 11.2 Å². The van der Waals surface area contributed by atoms with Crippen LogP contribution in [0.2, 0.25) is 0 Å². The Kier molecular flexibility index (Phi) is 4.39. The summed E-state index contributed by atoms with van der Waals surface area (Å²) in [7, 11) is 0. The van der Waals surface area contributed by atoms with Gasteiger partial charge in [0.15, 0.2) is 0 Å². The van der Waals surface area contributed by atoms with E-state index in [-0.39, 0.29) is 0 Å². The molecule has 1 aromatic heterocycles. The van der Waals surface area contributed by atoms with Gasteiger partial charge in [-0.3, -0.25) is 0 Å². The summed E-state index contributed by atoms with van der Waals surface area (Å²) in [6.07, 6.45) is 2.42. The molecule has 0 saturated heterocycles. The van der Waals surface area contributed by atoms with Gasteiger partial charge in [-0.2, -0.15) is 0 Å². The van der Waals surface area contributed by atoms with Crippen molar-refractivity contribution in [3.63, 3.8) is 0 Å². The second-order valence-electron chi connectivity index (χ2n) is 4.64. The molecule has 0 spiro atoms. The van der Waals surface area contributed by atoms with Crippen molar-refractivity contribution in [2.24, 2.45) is 0 Å². The Morgan fingerprint density at radius 2 is 1.12 bits per heavy atom. The molecule has 0 aliphatic heterocycles. The molecule has 0 aliphatic carbocycles. The summed E-state index contributed by atoms with van der Waals surface area (Å²) in [6.45, 7) is 7.71. The maximum Gasteiger partial charge on any atom is 0.135 e. The molecule has 0 aromatic carbocycles. The standard InChI is InChI=1S/C14H24O3/c1-5-13(15,6-2)11-9-10-12(17-11)14(16,7-3)8-4/h9-10,15-16H,5-8H2,1-4H3. The van der Waals surface area contributed by atoms with E-state index in [2.05, 4.69) is 0 Å². The molecule has 3 heteroatoms. The highest BCUT2D eigenvalue weighted by Crippen LogP contribution is 2.35. The van der Waals surface area contributed by atoms with E-state index >= 15 is 0 Å². The Hall–Kier alpha value is -0.800. The van der Waals surface area contributed by atoms with Gasteiger partial charge in [-0.15, -0.1) is 0 Å². The predicted octanol–water partition coefficient (Wildman–Crippen LogP) is 3.29. The van der Waals surface area contributed by atoms with Gasteiger partial charge in [-0.1, -0.05) is 27.7 Å². The van der Waals surface area contributed by atoms with Crippen LogP contribution < -0.4 is 0 Å². The zero-order chi connectivity index (χ0) is 13.1. The summed E-state index contributed by atoms with van der Waals surface area (Å²) in [6, 6.07) is 3.55. The first-order valence-corrected chi connectivity index (χ1v) is 6.51. The van der Waals surface area contributed by atoms with Crippen molar-refractivity contribution in [3.05, 3.63) is 23.7 Å². The van der Waals surface area contributed by atoms with E-state index in [1.165, 1.54) is 0 Å². The molecule has 2 N–H and O–H groups in total. The Bertz CT molecular complexity index is 314. The molecule has 0 amide bonds. The second kappa shape index (κ2) is 5.23. The SMILES string of the molecule is CCC(O)(CC)c1ccc(C(O)(CC)CC)o1. The summed E-state index contributed by atoms with van der Waals surface area (Å²) < 4.78 is 5.68. The number of hydrogen-bond acceptors (Lipinski definition) is 3. The van der Waals surface area contributed by atoms with Gasteiger partial charge in [-0.05, 0) is 37.8 Å². The van der Waals surface area contributed by atoms with E-state index in [9.17, 15) is 10.2 Å². The molecule has 0 aliphatic rings. The van der Waals surface area contributed by atoms with Crippen LogP contribution in [0.3, 0.4) is 0 Å². The minimum Gasteiger partial charge on any atom is -0.460 e. The minimum atomic E-state index is -0.916. The van der Waals surface area contributed by atoms with Crippen LogP contribution in [0.4, 0.5) is 0 Å². The molecule has 98 valence electrons. The third-order valence-electron chi connectivity index (χ3n) is 3.86. The molecule has 1 heterocycles. The smallest absolute Gasteiger partial charge is 0.135 e. The first kappa shape index (κ1) is 14.3. The van der Waals surface area contributed by atoms with Crippen molar-refractivity contribution in [1.29, 1.82) is 0 Å². The summed E-state index contributed by atoms with van der Waals surface area (Å²) >= 11 is 0. The Morgan fingerprint density at radius 1 is 0.824 bits per heavy atom. The molecule has 1 rings (SSSR count). The lowest BCUT2D eigenvalue weighted by molar-refractivity contribution is -0.0167. The van der Waals surface area contributed by atoms with Crippen LogP contribution in [0, 0.1) is 0 Å². The average Bonchev–Trinajstić information content (AvgIpc) is 2.87. The van der Waals surface area contributed by atoms with Gasteiger partial charge in [0.25, 0.3) is 0 Å². The van der Waals surface area contributed by atoms with E-state index in [0.717, 1.165) is 0 Å². The van der Waals surface area contributed by atoms with Gasteiger partial charge in [-0.25, -0.2) is 0 Å². The fourth-order valence-corrected chi connectivity index (χ4v) is 2.04. The molecule has 1 aromatic rings. The minimum absolute atomic E-state index is 0.554. The number of hydrogen-bond donors (Lipinski definition) is 2. The molecule has 0 saturated carbocycles. The normalized spacial score (nSPS) is 13.1. The molecular formula is C14H24O3. The van der Waals surface area contributed by atoms with Crippen molar-refractivity contribution in [1.82, 2.24) is 0 Å². The van der Waals surface area contributed by atoms with Crippen LogP contribution in [-0.2, 0) is 11.2 Å². The van der Waals surface area contributed by atoms with E-state index in [4.69, 9.17) is 4.42 Å². The highest BCUT2D eigenvalue weighted by Gasteiger charge is 2.33. The van der Waals surface area contributed by atoms with Crippen LogP contribution in [0.15, 0.2) is 16.5 Å². The molecule has 17 heavy (non-hydrogen) atoms. The Balaban J connectivity index is 3.07. The molecular weight excluding hydrogens is 216 g/mol. The predicted molar refractivity (Wildman–Crippen MR) is 67.7 cm³/mol. The van der Waals surface area contributed by atoms with Gasteiger partial charge in [0, 0.05) is 0 Å². The molecule has 3 nitrogen and oxygen atoms in total. The van der Waals surface area contributed by atoms with Gasteiger partial charge in [0.2, 0.25) is 0 Å². The van der Waals surface area contributed by atoms with E-state index in [1.54, 1.807) is 12.1 Å². The molecule has 0 radical (unpaired) electrons. The topological polar surface area (TPSA) is 53.6 Å². The zero-order valence-corrected chi connectivity index (χ0v) is 11.3. The monoisotopic (exact) mass is 240 g/mol. The van der Waals surface area contributed by atoms with Gasteiger partial charge in [0.1, 0.15) is 22.7 Å². The average molecular weight is 240 g/mol. The van der Waals surface area contributed by atoms with Crippen LogP contribution in [0.25, 0.3) is 0 Å². The summed E-state index contributed by atoms with van der Waals surface area (Å²) in [5.74, 6) is 1.11. The third kappa shape index (κ3) is 2.55. The second-order valence-corrected chi connectivity index (χ2v) is 4.64.